The number of thiazole rings is 1. The molecule has 1 rings (SSSR count). The Kier molecular flexibility index (Phi) is 2.54. The first-order valence-electron chi connectivity index (χ1n) is 2.84. The molecule has 1 atom stereocenters. The van der Waals surface area contributed by atoms with Crippen LogP contribution in [0.5, 0.6) is 0 Å². The predicted octanol–water partition coefficient (Wildman–Crippen LogP) is 2.00. The third-order valence-electron chi connectivity index (χ3n) is 0.980. The summed E-state index contributed by atoms with van der Waals surface area (Å²) in [5.74, 6) is 0. The van der Waals surface area contributed by atoms with Crippen molar-refractivity contribution in [2.24, 2.45) is 0 Å². The van der Waals surface area contributed by atoms with E-state index < -0.39 is 0 Å². The lowest BCUT2D eigenvalue weighted by Gasteiger charge is -1.97. The summed E-state index contributed by atoms with van der Waals surface area (Å²) in [6.07, 6.45) is 2.94. The minimum absolute atomic E-state index is 0.449. The molecule has 0 fully saturated rings. The first-order chi connectivity index (χ1) is 4.29. The van der Waals surface area contributed by atoms with E-state index >= 15 is 0 Å². The molecule has 0 spiro atoms. The highest BCUT2D eigenvalue weighted by atomic mass is 32.1. The molecule has 1 aromatic heterocycles. The lowest BCUT2D eigenvalue weighted by Crippen LogP contribution is -1.93. The summed E-state index contributed by atoms with van der Waals surface area (Å²) in [6.45, 7) is 2.09. The number of hydrogen-bond acceptors (Lipinski definition) is 3. The third-order valence-corrected chi connectivity index (χ3v) is 1.96. The molecule has 0 aliphatic carbocycles. The second-order valence-electron chi connectivity index (χ2n) is 2.02. The third kappa shape index (κ3) is 2.37. The molecule has 0 aliphatic heterocycles. The van der Waals surface area contributed by atoms with E-state index in [1.165, 1.54) is 4.88 Å². The molecule has 0 N–H and O–H groups in total. The number of aromatic nitrogens is 1. The fourth-order valence-electron chi connectivity index (χ4n) is 0.634. The topological polar surface area (TPSA) is 12.9 Å². The summed E-state index contributed by atoms with van der Waals surface area (Å²) in [5, 5.41) is 0.449. The molecule has 0 saturated carbocycles. The van der Waals surface area contributed by atoms with E-state index in [4.69, 9.17) is 0 Å². The van der Waals surface area contributed by atoms with Gasteiger partial charge in [-0.15, -0.1) is 11.3 Å². The Bertz CT molecular complexity index is 158. The van der Waals surface area contributed by atoms with Crippen LogP contribution < -0.4 is 0 Å². The lowest BCUT2D eigenvalue weighted by atomic mass is 10.3. The largest absolute Gasteiger partial charge is 0.253 e. The first kappa shape index (κ1) is 7.09. The maximum atomic E-state index is 4.26. The van der Waals surface area contributed by atoms with Gasteiger partial charge in [0.15, 0.2) is 0 Å². The molecular formula is C6H9NS2. The van der Waals surface area contributed by atoms with Crippen LogP contribution in [0.2, 0.25) is 0 Å². The Morgan fingerprint density at radius 2 is 2.67 bits per heavy atom. The second kappa shape index (κ2) is 3.22. The van der Waals surface area contributed by atoms with E-state index in [1.807, 2.05) is 11.7 Å². The molecule has 9 heavy (non-hydrogen) atoms. The van der Waals surface area contributed by atoms with Crippen molar-refractivity contribution in [2.75, 3.05) is 0 Å². The molecule has 1 unspecified atom stereocenters. The molecule has 0 bridgehead atoms. The minimum atomic E-state index is 0.449. The smallest absolute Gasteiger partial charge is 0.0794 e. The van der Waals surface area contributed by atoms with Crippen molar-refractivity contribution in [1.29, 1.82) is 0 Å². The molecule has 0 amide bonds. The average Bonchev–Trinajstić information content (AvgIpc) is 2.15. The van der Waals surface area contributed by atoms with E-state index in [1.54, 1.807) is 11.3 Å². The van der Waals surface area contributed by atoms with Gasteiger partial charge in [-0.1, -0.05) is 6.92 Å². The maximum Gasteiger partial charge on any atom is 0.0794 e. The number of hydrogen-bond donors (Lipinski definition) is 1. The summed E-state index contributed by atoms with van der Waals surface area (Å²) < 4.78 is 0. The van der Waals surface area contributed by atoms with E-state index in [-0.39, 0.29) is 0 Å². The summed E-state index contributed by atoms with van der Waals surface area (Å²) in [6, 6.07) is 0. The van der Waals surface area contributed by atoms with E-state index in [9.17, 15) is 0 Å². The Balaban J connectivity index is 2.48. The quantitative estimate of drug-likeness (QED) is 0.651. The lowest BCUT2D eigenvalue weighted by molar-refractivity contribution is 0.966. The molecule has 1 nitrogen and oxygen atoms in total. The average molecular weight is 159 g/mol. The van der Waals surface area contributed by atoms with Crippen LogP contribution in [-0.2, 0) is 6.42 Å². The molecule has 0 aliphatic rings. The molecule has 0 saturated heterocycles. The SMILES string of the molecule is CC(S)Cc1cncs1. The fraction of sp³-hybridized carbons (Fsp3) is 0.500. The van der Waals surface area contributed by atoms with Crippen molar-refractivity contribution in [3.63, 3.8) is 0 Å². The molecular weight excluding hydrogens is 150 g/mol. The van der Waals surface area contributed by atoms with Gasteiger partial charge in [0.2, 0.25) is 0 Å². The summed E-state index contributed by atoms with van der Waals surface area (Å²) >= 11 is 5.95. The maximum absolute atomic E-state index is 4.26. The van der Waals surface area contributed by atoms with Crippen molar-refractivity contribution >= 4 is 24.0 Å². The van der Waals surface area contributed by atoms with Crippen molar-refractivity contribution in [2.45, 2.75) is 18.6 Å². The van der Waals surface area contributed by atoms with Gasteiger partial charge in [0.25, 0.3) is 0 Å². The summed E-state index contributed by atoms with van der Waals surface area (Å²) in [7, 11) is 0. The number of nitrogens with zero attached hydrogens (tertiary/aromatic N) is 1. The Labute approximate surface area is 64.5 Å². The molecule has 0 radical (unpaired) electrons. The van der Waals surface area contributed by atoms with Crippen LogP contribution in [0.1, 0.15) is 11.8 Å². The van der Waals surface area contributed by atoms with Gasteiger partial charge in [-0.25, -0.2) is 0 Å². The van der Waals surface area contributed by atoms with Crippen molar-refractivity contribution in [1.82, 2.24) is 4.98 Å². The fourth-order valence-corrected chi connectivity index (χ4v) is 1.68. The molecule has 1 heterocycles. The Morgan fingerprint density at radius 3 is 3.11 bits per heavy atom. The monoisotopic (exact) mass is 159 g/mol. The molecule has 3 heteroatoms. The van der Waals surface area contributed by atoms with Gasteiger partial charge in [0.1, 0.15) is 0 Å². The van der Waals surface area contributed by atoms with Crippen molar-refractivity contribution in [3.05, 3.63) is 16.6 Å². The normalized spacial score (nSPS) is 13.6. The Morgan fingerprint density at radius 1 is 1.89 bits per heavy atom. The number of thiol groups is 1. The highest BCUT2D eigenvalue weighted by Gasteiger charge is 1.97. The van der Waals surface area contributed by atoms with Crippen LogP contribution >= 0.6 is 24.0 Å². The molecule has 0 aromatic carbocycles. The van der Waals surface area contributed by atoms with Gasteiger partial charge in [-0.05, 0) is 6.42 Å². The zero-order chi connectivity index (χ0) is 6.69. The second-order valence-corrected chi connectivity index (χ2v) is 3.87. The summed E-state index contributed by atoms with van der Waals surface area (Å²) in [5.41, 5.74) is 1.85. The zero-order valence-electron chi connectivity index (χ0n) is 5.24. The van der Waals surface area contributed by atoms with Gasteiger partial charge in [0.05, 0.1) is 5.51 Å². The van der Waals surface area contributed by atoms with Gasteiger partial charge in [-0.2, -0.15) is 12.6 Å². The molecule has 1 aromatic rings. The van der Waals surface area contributed by atoms with Crippen LogP contribution in [0.15, 0.2) is 11.7 Å². The Hall–Kier alpha value is -0.0200. The van der Waals surface area contributed by atoms with E-state index in [0.717, 1.165) is 6.42 Å². The van der Waals surface area contributed by atoms with Gasteiger partial charge in [-0.3, -0.25) is 4.98 Å². The first-order valence-corrected chi connectivity index (χ1v) is 4.24. The van der Waals surface area contributed by atoms with Crippen LogP contribution in [0, 0.1) is 0 Å². The van der Waals surface area contributed by atoms with E-state index in [2.05, 4.69) is 24.5 Å². The van der Waals surface area contributed by atoms with E-state index in [0.29, 0.717) is 5.25 Å². The number of rotatable bonds is 2. The van der Waals surface area contributed by atoms with Crippen molar-refractivity contribution < 1.29 is 0 Å². The highest BCUT2D eigenvalue weighted by molar-refractivity contribution is 7.80. The van der Waals surface area contributed by atoms with Crippen LogP contribution in [0.25, 0.3) is 0 Å². The van der Waals surface area contributed by atoms with Gasteiger partial charge in [0, 0.05) is 16.3 Å². The van der Waals surface area contributed by atoms with Crippen LogP contribution in [0.3, 0.4) is 0 Å². The van der Waals surface area contributed by atoms with Crippen LogP contribution in [-0.4, -0.2) is 10.2 Å². The standard InChI is InChI=1S/C6H9NS2/c1-5(8)2-6-3-7-4-9-6/h3-5,8H,2H2,1H3. The van der Waals surface area contributed by atoms with Crippen molar-refractivity contribution in [3.8, 4) is 0 Å². The van der Waals surface area contributed by atoms with Gasteiger partial charge < -0.3 is 0 Å². The predicted molar refractivity (Wildman–Crippen MR) is 44.3 cm³/mol. The minimum Gasteiger partial charge on any atom is -0.253 e. The highest BCUT2D eigenvalue weighted by Crippen LogP contribution is 2.10. The zero-order valence-corrected chi connectivity index (χ0v) is 6.95. The molecule has 50 valence electrons. The van der Waals surface area contributed by atoms with Gasteiger partial charge >= 0.3 is 0 Å². The van der Waals surface area contributed by atoms with Crippen LogP contribution in [0.4, 0.5) is 0 Å². The summed E-state index contributed by atoms with van der Waals surface area (Å²) in [4.78, 5) is 5.28.